The smallest absolute Gasteiger partial charge is 0.180 e. The highest BCUT2D eigenvalue weighted by atomic mass is 16.5. The highest BCUT2D eigenvalue weighted by molar-refractivity contribution is 4.99. The molecule has 2 aromatic heterocycles. The molecule has 0 saturated carbocycles. The van der Waals surface area contributed by atoms with Gasteiger partial charge in [-0.1, -0.05) is 38.1 Å². The summed E-state index contributed by atoms with van der Waals surface area (Å²) in [4.78, 5) is 0. The SMILES string of the molecule is CC(C)(CCOCCOCCC(C)(C)c1nn[nH]n1)c1nn[nH]n1. The van der Waals surface area contributed by atoms with Crippen molar-refractivity contribution in [3.63, 3.8) is 0 Å². The fourth-order valence-electron chi connectivity index (χ4n) is 2.10. The zero-order valence-electron chi connectivity index (χ0n) is 14.7. The second-order valence-electron chi connectivity index (χ2n) is 6.96. The third-order valence-corrected chi connectivity index (χ3v) is 4.02. The third kappa shape index (κ3) is 5.31. The molecule has 0 aromatic carbocycles. The van der Waals surface area contributed by atoms with Gasteiger partial charge >= 0.3 is 0 Å². The quantitative estimate of drug-likeness (QED) is 0.575. The molecule has 0 saturated heterocycles. The number of nitrogens with one attached hydrogen (secondary N) is 2. The second kappa shape index (κ2) is 8.25. The number of hydrogen-bond donors (Lipinski definition) is 2. The molecule has 2 aromatic rings. The van der Waals surface area contributed by atoms with Gasteiger partial charge in [0.25, 0.3) is 0 Å². The van der Waals surface area contributed by atoms with Gasteiger partial charge in [0.1, 0.15) is 0 Å². The molecule has 0 fully saturated rings. The summed E-state index contributed by atoms with van der Waals surface area (Å²) < 4.78 is 11.2. The van der Waals surface area contributed by atoms with E-state index in [4.69, 9.17) is 9.47 Å². The normalized spacial score (nSPS) is 12.7. The van der Waals surface area contributed by atoms with Crippen LogP contribution in [0, 0.1) is 0 Å². The zero-order valence-corrected chi connectivity index (χ0v) is 14.7. The van der Waals surface area contributed by atoms with Gasteiger partial charge in [0.15, 0.2) is 11.6 Å². The molecular weight excluding hydrogens is 312 g/mol. The van der Waals surface area contributed by atoms with Crippen molar-refractivity contribution < 1.29 is 9.47 Å². The molecule has 0 bridgehead atoms. The average Bonchev–Trinajstić information content (AvgIpc) is 3.23. The van der Waals surface area contributed by atoms with Crippen LogP contribution in [-0.2, 0) is 20.3 Å². The van der Waals surface area contributed by atoms with Gasteiger partial charge in [0, 0.05) is 24.0 Å². The summed E-state index contributed by atoms with van der Waals surface area (Å²) >= 11 is 0. The molecule has 10 nitrogen and oxygen atoms in total. The molecule has 24 heavy (non-hydrogen) atoms. The van der Waals surface area contributed by atoms with E-state index >= 15 is 0 Å². The number of aromatic nitrogens is 8. The number of nitrogens with zero attached hydrogens (tertiary/aromatic N) is 6. The first-order chi connectivity index (χ1) is 11.4. The zero-order chi connectivity index (χ0) is 17.5. The summed E-state index contributed by atoms with van der Waals surface area (Å²) in [6.45, 7) is 10.6. The fourth-order valence-corrected chi connectivity index (χ4v) is 2.10. The monoisotopic (exact) mass is 338 g/mol. The minimum absolute atomic E-state index is 0.164. The van der Waals surface area contributed by atoms with E-state index in [-0.39, 0.29) is 10.8 Å². The maximum absolute atomic E-state index is 5.62. The molecule has 10 heteroatoms. The molecule has 0 aliphatic rings. The highest BCUT2D eigenvalue weighted by Gasteiger charge is 2.26. The minimum Gasteiger partial charge on any atom is -0.379 e. The first kappa shape index (κ1) is 18.4. The van der Waals surface area contributed by atoms with Gasteiger partial charge < -0.3 is 9.47 Å². The van der Waals surface area contributed by atoms with E-state index in [0.29, 0.717) is 38.1 Å². The molecule has 134 valence electrons. The van der Waals surface area contributed by atoms with Crippen LogP contribution in [0.15, 0.2) is 0 Å². The van der Waals surface area contributed by atoms with Gasteiger partial charge in [-0.3, -0.25) is 0 Å². The Morgan fingerprint density at radius 3 is 1.46 bits per heavy atom. The number of tetrazole rings is 2. The maximum Gasteiger partial charge on any atom is 0.180 e. The standard InChI is InChI=1S/C14H26N8O2/c1-13(2,11-15-19-20-16-11)5-7-23-9-10-24-8-6-14(3,4)12-17-21-22-18-12/h5-10H2,1-4H3,(H,15,16,19,20)(H,17,18,21,22). The lowest BCUT2D eigenvalue weighted by atomic mass is 9.89. The van der Waals surface area contributed by atoms with Gasteiger partial charge in [-0.2, -0.15) is 10.4 Å². The Hall–Kier alpha value is -1.94. The molecule has 0 unspecified atom stereocenters. The van der Waals surface area contributed by atoms with Crippen molar-refractivity contribution in [2.75, 3.05) is 26.4 Å². The minimum atomic E-state index is -0.164. The Kier molecular flexibility index (Phi) is 6.32. The predicted octanol–water partition coefficient (Wildman–Crippen LogP) is 0.782. The lowest BCUT2D eigenvalue weighted by molar-refractivity contribution is 0.0365. The van der Waals surface area contributed by atoms with Gasteiger partial charge in [-0.15, -0.1) is 20.4 Å². The highest BCUT2D eigenvalue weighted by Crippen LogP contribution is 2.23. The first-order valence-electron chi connectivity index (χ1n) is 8.05. The molecule has 2 heterocycles. The molecule has 0 spiro atoms. The maximum atomic E-state index is 5.62. The molecule has 0 aliphatic heterocycles. The number of rotatable bonds is 11. The number of H-pyrrole nitrogens is 2. The summed E-state index contributed by atoms with van der Waals surface area (Å²) in [5, 5.41) is 28.2. The van der Waals surface area contributed by atoms with Crippen LogP contribution in [0.5, 0.6) is 0 Å². The molecule has 0 radical (unpaired) electrons. The van der Waals surface area contributed by atoms with Crippen molar-refractivity contribution >= 4 is 0 Å². The van der Waals surface area contributed by atoms with E-state index in [1.807, 2.05) is 0 Å². The molecule has 0 amide bonds. The van der Waals surface area contributed by atoms with Gasteiger partial charge in [-0.05, 0) is 12.8 Å². The summed E-state index contributed by atoms with van der Waals surface area (Å²) in [5.74, 6) is 1.40. The summed E-state index contributed by atoms with van der Waals surface area (Å²) in [6, 6.07) is 0. The van der Waals surface area contributed by atoms with Crippen LogP contribution in [0.25, 0.3) is 0 Å². The lowest BCUT2D eigenvalue weighted by Gasteiger charge is -2.20. The third-order valence-electron chi connectivity index (χ3n) is 4.02. The second-order valence-corrected chi connectivity index (χ2v) is 6.96. The molecule has 0 atom stereocenters. The molecule has 0 aliphatic carbocycles. The fraction of sp³-hybridized carbons (Fsp3) is 0.857. The van der Waals surface area contributed by atoms with Gasteiger partial charge in [0.05, 0.1) is 13.2 Å². The Labute approximate surface area is 141 Å². The van der Waals surface area contributed by atoms with Gasteiger partial charge in [0.2, 0.25) is 0 Å². The first-order valence-corrected chi connectivity index (χ1v) is 8.05. The van der Waals surface area contributed by atoms with Crippen LogP contribution < -0.4 is 0 Å². The van der Waals surface area contributed by atoms with E-state index in [1.54, 1.807) is 0 Å². The summed E-state index contributed by atoms with van der Waals surface area (Å²) in [5.41, 5.74) is -0.328. The summed E-state index contributed by atoms with van der Waals surface area (Å²) in [6.07, 6.45) is 1.63. The lowest BCUT2D eigenvalue weighted by Crippen LogP contribution is -2.23. The van der Waals surface area contributed by atoms with Crippen LogP contribution >= 0.6 is 0 Å². The van der Waals surface area contributed by atoms with Crippen LogP contribution in [-0.4, -0.2) is 67.7 Å². The Morgan fingerprint density at radius 2 is 1.12 bits per heavy atom. The van der Waals surface area contributed by atoms with Gasteiger partial charge in [-0.25, -0.2) is 0 Å². The number of hydrogen-bond acceptors (Lipinski definition) is 8. The van der Waals surface area contributed by atoms with E-state index < -0.39 is 0 Å². The topological polar surface area (TPSA) is 127 Å². The number of aromatic amines is 2. The van der Waals surface area contributed by atoms with Crippen molar-refractivity contribution in [2.45, 2.75) is 51.4 Å². The van der Waals surface area contributed by atoms with Crippen molar-refractivity contribution in [1.82, 2.24) is 41.2 Å². The predicted molar refractivity (Wildman–Crippen MR) is 85.3 cm³/mol. The van der Waals surface area contributed by atoms with Crippen molar-refractivity contribution in [3.05, 3.63) is 11.6 Å². The Balaban J connectivity index is 1.53. The van der Waals surface area contributed by atoms with Crippen LogP contribution in [0.3, 0.4) is 0 Å². The molecular formula is C14H26N8O2. The number of ether oxygens (including phenoxy) is 2. The average molecular weight is 338 g/mol. The van der Waals surface area contributed by atoms with E-state index in [9.17, 15) is 0 Å². The van der Waals surface area contributed by atoms with E-state index in [1.165, 1.54) is 0 Å². The molecule has 2 N–H and O–H groups in total. The summed E-state index contributed by atoms with van der Waals surface area (Å²) in [7, 11) is 0. The van der Waals surface area contributed by atoms with Crippen molar-refractivity contribution in [3.8, 4) is 0 Å². The van der Waals surface area contributed by atoms with Crippen molar-refractivity contribution in [2.24, 2.45) is 0 Å². The Morgan fingerprint density at radius 1 is 0.708 bits per heavy atom. The van der Waals surface area contributed by atoms with Crippen LogP contribution in [0.4, 0.5) is 0 Å². The van der Waals surface area contributed by atoms with E-state index in [2.05, 4.69) is 68.9 Å². The Bertz CT molecular complexity index is 515. The molecule has 2 rings (SSSR count). The van der Waals surface area contributed by atoms with Crippen LogP contribution in [0.2, 0.25) is 0 Å². The van der Waals surface area contributed by atoms with E-state index in [0.717, 1.165) is 12.8 Å². The van der Waals surface area contributed by atoms with Crippen LogP contribution in [0.1, 0.15) is 52.2 Å². The largest absolute Gasteiger partial charge is 0.379 e. The van der Waals surface area contributed by atoms with Crippen molar-refractivity contribution in [1.29, 1.82) is 0 Å².